The molecule has 3 heterocycles. The average Bonchev–Trinajstić information content (AvgIpc) is 3.62. The summed E-state index contributed by atoms with van der Waals surface area (Å²) in [5.41, 5.74) is 0.770. The molecule has 49 heavy (non-hydrogen) atoms. The van der Waals surface area contributed by atoms with Gasteiger partial charge in [-0.05, 0) is 80.9 Å². The number of nitrogens with one attached hydrogen (secondary N) is 2. The van der Waals surface area contributed by atoms with Crippen LogP contribution in [0.5, 0.6) is 11.5 Å². The maximum Gasteiger partial charge on any atom is 0.327 e. The van der Waals surface area contributed by atoms with Gasteiger partial charge >= 0.3 is 6.03 Å². The molecule has 12 nitrogen and oxygen atoms in total. The van der Waals surface area contributed by atoms with Gasteiger partial charge in [0.1, 0.15) is 17.3 Å². The van der Waals surface area contributed by atoms with E-state index in [0.717, 1.165) is 19.4 Å². The second-order valence-electron chi connectivity index (χ2n) is 12.1. The molecule has 0 aliphatic carbocycles. The van der Waals surface area contributed by atoms with Crippen LogP contribution < -0.4 is 35.6 Å². The Hall–Kier alpha value is -4.88. The summed E-state index contributed by atoms with van der Waals surface area (Å²) in [4.78, 5) is 49.9. The van der Waals surface area contributed by atoms with Gasteiger partial charge in [-0.1, -0.05) is 11.6 Å². The molecule has 2 saturated heterocycles. The fourth-order valence-corrected chi connectivity index (χ4v) is 6.60. The lowest BCUT2D eigenvalue weighted by Crippen LogP contribution is -2.57. The molecule has 3 amide bonds. The summed E-state index contributed by atoms with van der Waals surface area (Å²) < 4.78 is 26.3. The molecule has 2 atom stereocenters. The topological polar surface area (TPSA) is 121 Å². The number of rotatable bonds is 9. The number of urea groups is 1. The van der Waals surface area contributed by atoms with Gasteiger partial charge in [0.25, 0.3) is 5.56 Å². The average molecular weight is 692 g/mol. The molecule has 6 rings (SSSR count). The Morgan fingerprint density at radius 3 is 2.49 bits per heavy atom. The van der Waals surface area contributed by atoms with Crippen LogP contribution in [0.3, 0.4) is 0 Å². The molecular formula is C35H39ClFN7O5. The van der Waals surface area contributed by atoms with Crippen LogP contribution in [0.25, 0.3) is 10.9 Å². The van der Waals surface area contributed by atoms with E-state index >= 15 is 0 Å². The molecule has 3 aromatic carbocycles. The molecule has 0 spiro atoms. The van der Waals surface area contributed by atoms with Crippen molar-refractivity contribution >= 4 is 45.8 Å². The van der Waals surface area contributed by atoms with Crippen LogP contribution >= 0.6 is 11.6 Å². The van der Waals surface area contributed by atoms with E-state index in [4.69, 9.17) is 26.1 Å². The van der Waals surface area contributed by atoms with E-state index < -0.39 is 17.9 Å². The Bertz CT molecular complexity index is 1890. The first-order valence-corrected chi connectivity index (χ1v) is 16.6. The molecule has 0 saturated carbocycles. The van der Waals surface area contributed by atoms with Crippen molar-refractivity contribution in [2.24, 2.45) is 0 Å². The summed E-state index contributed by atoms with van der Waals surface area (Å²) in [6, 6.07) is 14.1. The van der Waals surface area contributed by atoms with Gasteiger partial charge in [-0.25, -0.2) is 18.8 Å². The molecule has 258 valence electrons. The minimum absolute atomic E-state index is 0.0847. The van der Waals surface area contributed by atoms with Gasteiger partial charge in [0.05, 0.1) is 49.9 Å². The number of piperazine rings is 1. The number of carbonyl (C=O) groups is 2. The molecule has 2 aliphatic heterocycles. The lowest BCUT2D eigenvalue weighted by atomic mass is 10.1. The lowest BCUT2D eigenvalue weighted by molar-refractivity contribution is -0.132. The van der Waals surface area contributed by atoms with Crippen molar-refractivity contribution in [2.45, 2.75) is 38.3 Å². The highest BCUT2D eigenvalue weighted by molar-refractivity contribution is 6.31. The second kappa shape index (κ2) is 14.7. The first kappa shape index (κ1) is 34.0. The zero-order valence-electron chi connectivity index (χ0n) is 27.6. The van der Waals surface area contributed by atoms with Crippen LogP contribution in [0, 0.1) is 5.82 Å². The fraction of sp³-hybridized carbons (Fsp3) is 0.371. The van der Waals surface area contributed by atoms with Gasteiger partial charge in [0, 0.05) is 42.3 Å². The molecule has 2 fully saturated rings. The van der Waals surface area contributed by atoms with E-state index in [1.807, 2.05) is 9.91 Å². The Kier molecular flexibility index (Phi) is 10.2. The number of benzene rings is 3. The minimum atomic E-state index is -0.869. The maximum atomic E-state index is 14.3. The van der Waals surface area contributed by atoms with Crippen LogP contribution in [0.2, 0.25) is 5.02 Å². The van der Waals surface area contributed by atoms with Crippen molar-refractivity contribution in [2.75, 3.05) is 62.2 Å². The summed E-state index contributed by atoms with van der Waals surface area (Å²) in [5.74, 6) is 0.754. The summed E-state index contributed by atoms with van der Waals surface area (Å²) >= 11 is 6.35. The number of carbonyl (C=O) groups excluding carboxylic acids is 2. The third-order valence-corrected chi connectivity index (χ3v) is 9.27. The quantitative estimate of drug-likeness (QED) is 0.254. The number of nitrogens with zero attached hydrogens (tertiary/aromatic N) is 5. The molecule has 0 bridgehead atoms. The highest BCUT2D eigenvalue weighted by Gasteiger charge is 2.33. The van der Waals surface area contributed by atoms with Crippen LogP contribution in [0.1, 0.15) is 38.1 Å². The normalized spacial score (nSPS) is 16.8. The summed E-state index contributed by atoms with van der Waals surface area (Å²) in [6.45, 7) is 4.28. The van der Waals surface area contributed by atoms with Crippen molar-refractivity contribution in [3.05, 3.63) is 87.7 Å². The van der Waals surface area contributed by atoms with Gasteiger partial charge in [-0.15, -0.1) is 0 Å². The Labute approximate surface area is 288 Å². The highest BCUT2D eigenvalue weighted by atomic mass is 35.5. The molecule has 4 aromatic rings. The van der Waals surface area contributed by atoms with Crippen molar-refractivity contribution in [3.63, 3.8) is 0 Å². The zero-order valence-corrected chi connectivity index (χ0v) is 28.4. The largest absolute Gasteiger partial charge is 0.497 e. The van der Waals surface area contributed by atoms with E-state index in [1.165, 1.54) is 48.1 Å². The maximum absolute atomic E-state index is 14.3. The number of hydrogen-bond donors (Lipinski definition) is 2. The van der Waals surface area contributed by atoms with E-state index in [-0.39, 0.29) is 23.3 Å². The summed E-state index contributed by atoms with van der Waals surface area (Å²) in [6.07, 6.45) is 2.50. The molecular weight excluding hydrogens is 653 g/mol. The molecule has 2 aliphatic rings. The van der Waals surface area contributed by atoms with E-state index in [2.05, 4.69) is 10.6 Å². The Balaban J connectivity index is 1.41. The van der Waals surface area contributed by atoms with Crippen molar-refractivity contribution in [1.82, 2.24) is 19.9 Å². The smallest absolute Gasteiger partial charge is 0.327 e. The molecule has 1 unspecified atom stereocenters. The van der Waals surface area contributed by atoms with Crippen LogP contribution in [0.4, 0.5) is 20.6 Å². The first-order chi connectivity index (χ1) is 23.7. The number of hydrogen-bond acceptors (Lipinski definition) is 8. The molecule has 14 heteroatoms. The van der Waals surface area contributed by atoms with Gasteiger partial charge in [-0.2, -0.15) is 0 Å². The predicted octanol–water partition coefficient (Wildman–Crippen LogP) is 4.93. The van der Waals surface area contributed by atoms with Crippen LogP contribution in [0.15, 0.2) is 65.5 Å². The van der Waals surface area contributed by atoms with E-state index in [1.54, 1.807) is 43.3 Å². The molecule has 0 radical (unpaired) electrons. The van der Waals surface area contributed by atoms with Crippen molar-refractivity contribution < 1.29 is 23.5 Å². The first-order valence-electron chi connectivity index (χ1n) is 16.2. The number of aromatic nitrogens is 2. The third-order valence-electron chi connectivity index (χ3n) is 9.03. The van der Waals surface area contributed by atoms with Gasteiger partial charge in [-0.3, -0.25) is 14.5 Å². The lowest BCUT2D eigenvalue weighted by Gasteiger charge is -2.39. The Morgan fingerprint density at radius 2 is 1.82 bits per heavy atom. The van der Waals surface area contributed by atoms with Crippen LogP contribution in [-0.2, 0) is 4.79 Å². The SMILES string of the molecule is COc1ccc(N(C(=O)Nc2ccc(F)cc2)C(C)c2nc3cc(Cl)ccc3c(=O)n2N2CCN(C(=O)C[C@@H]3CCCN3)CC2)c(OC)c1. The molecule has 1 aromatic heterocycles. The number of methoxy groups -OCH3 is 2. The van der Waals surface area contributed by atoms with Gasteiger partial charge in [0.2, 0.25) is 5.91 Å². The summed E-state index contributed by atoms with van der Waals surface area (Å²) in [7, 11) is 3.01. The minimum Gasteiger partial charge on any atom is -0.497 e. The van der Waals surface area contributed by atoms with E-state index in [9.17, 15) is 18.8 Å². The fourth-order valence-electron chi connectivity index (χ4n) is 6.44. The standard InChI is InChI=1S/C35H39ClFN7O5/c1-22(43(30-13-11-27(48-2)21-31(30)49-3)35(47)39-25-9-7-24(37)8-10-25)33-40-29-19-23(36)6-12-28(29)34(46)44(33)42-17-15-41(16-18-42)32(45)20-26-5-4-14-38-26/h6-13,19,21-22,26,38H,4-5,14-18,20H2,1-3H3,(H,39,47)/t22?,26-/m0/s1. The van der Waals surface area contributed by atoms with Crippen molar-refractivity contribution in [1.29, 1.82) is 0 Å². The molecule has 2 N–H and O–H groups in total. The van der Waals surface area contributed by atoms with Gasteiger partial charge < -0.3 is 30.0 Å². The number of halogens is 2. The highest BCUT2D eigenvalue weighted by Crippen LogP contribution is 2.37. The van der Waals surface area contributed by atoms with Gasteiger partial charge in [0.15, 0.2) is 5.82 Å². The Morgan fingerprint density at radius 1 is 1.06 bits per heavy atom. The third kappa shape index (κ3) is 7.27. The predicted molar refractivity (Wildman–Crippen MR) is 187 cm³/mol. The second-order valence-corrected chi connectivity index (χ2v) is 12.5. The monoisotopic (exact) mass is 691 g/mol. The van der Waals surface area contributed by atoms with Crippen LogP contribution in [-0.4, -0.2) is 79.5 Å². The number of anilines is 2. The number of amides is 3. The zero-order chi connectivity index (χ0) is 34.7. The van der Waals surface area contributed by atoms with Crippen molar-refractivity contribution in [3.8, 4) is 11.5 Å². The van der Waals surface area contributed by atoms with E-state index in [0.29, 0.717) is 71.4 Å². The number of ether oxygens (including phenoxy) is 2. The summed E-state index contributed by atoms with van der Waals surface area (Å²) in [5, 5.41) is 8.86. The number of fused-ring (bicyclic) bond motifs is 1.